The van der Waals surface area contributed by atoms with Crippen LogP contribution in [0.15, 0.2) is 0 Å². The van der Waals surface area contributed by atoms with Crippen molar-refractivity contribution in [3.63, 3.8) is 0 Å². The number of rotatable bonds is 7. The summed E-state index contributed by atoms with van der Waals surface area (Å²) < 4.78 is 0. The van der Waals surface area contributed by atoms with Crippen molar-refractivity contribution in [1.82, 2.24) is 0 Å². The molecule has 0 spiro atoms. The minimum atomic E-state index is 0. The Bertz CT molecular complexity index is 54.1. The molecule has 0 aromatic heterocycles. The molecule has 0 aliphatic heterocycles. The maximum absolute atomic E-state index is 4.87. The molecule has 0 radical (unpaired) electrons. The summed E-state index contributed by atoms with van der Waals surface area (Å²) >= 11 is 0. The second kappa shape index (κ2) is 12.8. The van der Waals surface area contributed by atoms with Crippen molar-refractivity contribution in [2.24, 2.45) is 5.90 Å². The van der Waals surface area contributed by atoms with Gasteiger partial charge in [-0.15, -0.1) is 12.4 Å². The van der Waals surface area contributed by atoms with Crippen molar-refractivity contribution in [2.75, 3.05) is 6.61 Å². The SMILES string of the molecule is CCCCCCCCON.Cl. The molecule has 0 saturated heterocycles. The molecule has 0 atom stereocenters. The Hall–Kier alpha value is 0.210. The third kappa shape index (κ3) is 13.2. The average Bonchev–Trinajstić information content (AvgIpc) is 1.97. The number of nitrogens with two attached hydrogens (primary N) is 1. The van der Waals surface area contributed by atoms with Gasteiger partial charge in [-0.3, -0.25) is 0 Å². The zero-order valence-corrected chi connectivity index (χ0v) is 8.16. The fourth-order valence-electron chi connectivity index (χ4n) is 0.966. The van der Waals surface area contributed by atoms with Crippen LogP contribution in [-0.2, 0) is 4.84 Å². The zero-order valence-electron chi connectivity index (χ0n) is 7.34. The summed E-state index contributed by atoms with van der Waals surface area (Å²) in [6.45, 7) is 2.94. The van der Waals surface area contributed by atoms with E-state index >= 15 is 0 Å². The topological polar surface area (TPSA) is 35.2 Å². The fraction of sp³-hybridized carbons (Fsp3) is 1.00. The van der Waals surface area contributed by atoms with Crippen LogP contribution >= 0.6 is 12.4 Å². The van der Waals surface area contributed by atoms with E-state index < -0.39 is 0 Å². The van der Waals surface area contributed by atoms with Crippen molar-refractivity contribution >= 4 is 12.4 Å². The maximum Gasteiger partial charge on any atom is 0.0679 e. The summed E-state index contributed by atoms with van der Waals surface area (Å²) in [6, 6.07) is 0. The van der Waals surface area contributed by atoms with Crippen molar-refractivity contribution in [1.29, 1.82) is 0 Å². The Morgan fingerprint density at radius 1 is 1.00 bits per heavy atom. The molecular formula is C8H20ClNO. The van der Waals surface area contributed by atoms with Gasteiger partial charge >= 0.3 is 0 Å². The number of halogens is 1. The van der Waals surface area contributed by atoms with E-state index in [0.717, 1.165) is 6.42 Å². The van der Waals surface area contributed by atoms with Crippen LogP contribution < -0.4 is 5.90 Å². The highest BCUT2D eigenvalue weighted by atomic mass is 35.5. The molecule has 0 amide bonds. The van der Waals surface area contributed by atoms with Crippen molar-refractivity contribution in [2.45, 2.75) is 45.4 Å². The van der Waals surface area contributed by atoms with Gasteiger partial charge in [-0.1, -0.05) is 39.0 Å². The summed E-state index contributed by atoms with van der Waals surface area (Å²) in [7, 11) is 0. The molecule has 0 unspecified atom stereocenters. The lowest BCUT2D eigenvalue weighted by molar-refractivity contribution is 0.133. The van der Waals surface area contributed by atoms with Gasteiger partial charge in [0.05, 0.1) is 6.61 Å². The molecule has 0 aliphatic carbocycles. The van der Waals surface area contributed by atoms with Crippen LogP contribution in [0.25, 0.3) is 0 Å². The lowest BCUT2D eigenvalue weighted by Gasteiger charge is -1.98. The Kier molecular flexibility index (Phi) is 16.1. The van der Waals surface area contributed by atoms with E-state index in [4.69, 9.17) is 5.90 Å². The minimum Gasteiger partial charge on any atom is -0.305 e. The largest absolute Gasteiger partial charge is 0.305 e. The second-order valence-corrected chi connectivity index (χ2v) is 2.64. The van der Waals surface area contributed by atoms with Crippen LogP contribution in [0.5, 0.6) is 0 Å². The van der Waals surface area contributed by atoms with E-state index in [0.29, 0.717) is 6.61 Å². The smallest absolute Gasteiger partial charge is 0.0679 e. The third-order valence-electron chi connectivity index (χ3n) is 1.62. The first kappa shape index (κ1) is 13.8. The van der Waals surface area contributed by atoms with Gasteiger partial charge in [0.1, 0.15) is 0 Å². The molecular weight excluding hydrogens is 162 g/mol. The van der Waals surface area contributed by atoms with Crippen LogP contribution in [-0.4, -0.2) is 6.61 Å². The van der Waals surface area contributed by atoms with Gasteiger partial charge in [-0.05, 0) is 6.42 Å². The minimum absolute atomic E-state index is 0. The van der Waals surface area contributed by atoms with Crippen LogP contribution in [0.3, 0.4) is 0 Å². The summed E-state index contributed by atoms with van der Waals surface area (Å²) in [5, 5.41) is 0. The molecule has 0 aromatic rings. The van der Waals surface area contributed by atoms with Gasteiger partial charge in [0.25, 0.3) is 0 Å². The van der Waals surface area contributed by atoms with E-state index in [1.165, 1.54) is 32.1 Å². The lowest BCUT2D eigenvalue weighted by atomic mass is 10.1. The number of unbranched alkanes of at least 4 members (excludes halogenated alkanes) is 5. The molecule has 0 aromatic carbocycles. The Balaban J connectivity index is 0. The van der Waals surface area contributed by atoms with Crippen LogP contribution in [0.2, 0.25) is 0 Å². The highest BCUT2D eigenvalue weighted by molar-refractivity contribution is 5.85. The lowest BCUT2D eigenvalue weighted by Crippen LogP contribution is -2.00. The normalized spacial score (nSPS) is 9.27. The summed E-state index contributed by atoms with van der Waals surface area (Å²) in [5.41, 5.74) is 0. The predicted octanol–water partition coefficient (Wildman–Crippen LogP) is 2.66. The predicted molar refractivity (Wildman–Crippen MR) is 50.8 cm³/mol. The standard InChI is InChI=1S/C8H19NO.ClH/c1-2-3-4-5-6-7-8-10-9;/h2-9H2,1H3;1H. The average molecular weight is 182 g/mol. The first-order chi connectivity index (χ1) is 4.91. The summed E-state index contributed by atoms with van der Waals surface area (Å²) in [4.78, 5) is 4.45. The van der Waals surface area contributed by atoms with Gasteiger partial charge in [0.2, 0.25) is 0 Å². The quantitative estimate of drug-likeness (QED) is 0.484. The first-order valence-electron chi connectivity index (χ1n) is 4.23. The first-order valence-corrected chi connectivity index (χ1v) is 4.23. The molecule has 0 aliphatic rings. The van der Waals surface area contributed by atoms with E-state index in [1.54, 1.807) is 0 Å². The number of hydrogen-bond donors (Lipinski definition) is 1. The highest BCUT2D eigenvalue weighted by Crippen LogP contribution is 2.04. The third-order valence-corrected chi connectivity index (χ3v) is 1.62. The Morgan fingerprint density at radius 3 is 2.09 bits per heavy atom. The van der Waals surface area contributed by atoms with Crippen molar-refractivity contribution in [3.05, 3.63) is 0 Å². The van der Waals surface area contributed by atoms with E-state index in [2.05, 4.69) is 11.8 Å². The van der Waals surface area contributed by atoms with Crippen LogP contribution in [0.4, 0.5) is 0 Å². The van der Waals surface area contributed by atoms with Crippen LogP contribution in [0.1, 0.15) is 45.4 Å². The maximum atomic E-state index is 4.87. The Morgan fingerprint density at radius 2 is 1.55 bits per heavy atom. The molecule has 0 bridgehead atoms. The summed E-state index contributed by atoms with van der Waals surface area (Å²) in [5.74, 6) is 4.87. The van der Waals surface area contributed by atoms with E-state index in [1.807, 2.05) is 0 Å². The van der Waals surface area contributed by atoms with Crippen molar-refractivity contribution in [3.8, 4) is 0 Å². The number of hydrogen-bond acceptors (Lipinski definition) is 2. The molecule has 2 nitrogen and oxygen atoms in total. The molecule has 0 fully saturated rings. The van der Waals surface area contributed by atoms with E-state index in [-0.39, 0.29) is 12.4 Å². The molecule has 0 heterocycles. The molecule has 2 N–H and O–H groups in total. The fourth-order valence-corrected chi connectivity index (χ4v) is 0.966. The van der Waals surface area contributed by atoms with Crippen LogP contribution in [0, 0.1) is 0 Å². The zero-order chi connectivity index (χ0) is 7.66. The monoisotopic (exact) mass is 181 g/mol. The summed E-state index contributed by atoms with van der Waals surface area (Å²) in [6.07, 6.45) is 7.74. The van der Waals surface area contributed by atoms with Gasteiger partial charge in [-0.2, -0.15) is 0 Å². The van der Waals surface area contributed by atoms with Gasteiger partial charge in [0, 0.05) is 0 Å². The van der Waals surface area contributed by atoms with Gasteiger partial charge in [0.15, 0.2) is 0 Å². The molecule has 0 saturated carbocycles. The Labute approximate surface area is 75.9 Å². The van der Waals surface area contributed by atoms with Gasteiger partial charge in [-0.25, -0.2) is 5.90 Å². The van der Waals surface area contributed by atoms with Gasteiger partial charge < -0.3 is 4.84 Å². The van der Waals surface area contributed by atoms with E-state index in [9.17, 15) is 0 Å². The van der Waals surface area contributed by atoms with Crippen molar-refractivity contribution < 1.29 is 4.84 Å². The highest BCUT2D eigenvalue weighted by Gasteiger charge is 1.88. The molecule has 70 valence electrons. The molecule has 3 heteroatoms. The molecule has 11 heavy (non-hydrogen) atoms. The second-order valence-electron chi connectivity index (χ2n) is 2.64. The molecule has 0 rings (SSSR count).